The predicted octanol–water partition coefficient (Wildman–Crippen LogP) is 4.79. The summed E-state index contributed by atoms with van der Waals surface area (Å²) in [6.07, 6.45) is 0. The summed E-state index contributed by atoms with van der Waals surface area (Å²) in [7, 11) is 1.60. The molecule has 0 bridgehead atoms. The first-order valence-corrected chi connectivity index (χ1v) is 11.5. The summed E-state index contributed by atoms with van der Waals surface area (Å²) < 4.78 is 32.0. The van der Waals surface area contributed by atoms with E-state index in [4.69, 9.17) is 9.72 Å². The quantitative estimate of drug-likeness (QED) is 0.416. The fourth-order valence-electron chi connectivity index (χ4n) is 4.36. The molecule has 1 aliphatic rings. The second-order valence-corrected chi connectivity index (χ2v) is 8.51. The molecule has 0 saturated carbocycles. The van der Waals surface area contributed by atoms with Gasteiger partial charge in [-0.25, -0.2) is 13.8 Å². The van der Waals surface area contributed by atoms with Gasteiger partial charge in [-0.3, -0.25) is 9.59 Å². The molecule has 8 heteroatoms. The van der Waals surface area contributed by atoms with Crippen LogP contribution in [0.3, 0.4) is 0 Å². The van der Waals surface area contributed by atoms with Gasteiger partial charge in [-0.05, 0) is 54.6 Å². The highest BCUT2D eigenvalue weighted by Gasteiger charge is 2.27. The average Bonchev–Trinajstić information content (AvgIpc) is 2.93. The van der Waals surface area contributed by atoms with Crippen molar-refractivity contribution >= 4 is 22.7 Å². The largest absolute Gasteiger partial charge is 0.497 e. The molecule has 1 aliphatic heterocycles. The number of amides is 2. The van der Waals surface area contributed by atoms with Crippen LogP contribution in [0.2, 0.25) is 0 Å². The molecule has 6 nitrogen and oxygen atoms in total. The highest BCUT2D eigenvalue weighted by molar-refractivity contribution is 6.07. The Hall–Kier alpha value is -4.33. The number of rotatable bonds is 4. The van der Waals surface area contributed by atoms with Gasteiger partial charge >= 0.3 is 0 Å². The van der Waals surface area contributed by atoms with Crippen LogP contribution >= 0.6 is 0 Å². The van der Waals surface area contributed by atoms with Crippen molar-refractivity contribution in [3.8, 4) is 17.0 Å². The second-order valence-electron chi connectivity index (χ2n) is 8.51. The molecule has 0 N–H and O–H groups in total. The van der Waals surface area contributed by atoms with Crippen LogP contribution in [0.4, 0.5) is 8.78 Å². The van der Waals surface area contributed by atoms with E-state index in [1.54, 1.807) is 23.0 Å². The number of methoxy groups -OCH3 is 1. The molecule has 1 aromatic heterocycles. The summed E-state index contributed by atoms with van der Waals surface area (Å²) >= 11 is 0. The van der Waals surface area contributed by atoms with Crippen molar-refractivity contribution in [1.29, 1.82) is 0 Å². The molecule has 0 unspecified atom stereocenters. The van der Waals surface area contributed by atoms with E-state index in [0.717, 1.165) is 28.8 Å². The Balaban J connectivity index is 1.38. The maximum Gasteiger partial charge on any atom is 0.254 e. The smallest absolute Gasteiger partial charge is 0.254 e. The average molecular weight is 488 g/mol. The van der Waals surface area contributed by atoms with E-state index in [1.165, 1.54) is 6.07 Å². The lowest BCUT2D eigenvalue weighted by Crippen LogP contribution is -2.50. The van der Waals surface area contributed by atoms with Crippen molar-refractivity contribution < 1.29 is 23.1 Å². The third-order valence-electron chi connectivity index (χ3n) is 6.35. The zero-order valence-corrected chi connectivity index (χ0v) is 19.6. The Labute approximate surface area is 206 Å². The standard InChI is InChI=1S/C28H23F2N3O3/c1-36-20-9-6-18(7-10-20)26-17-22(21-4-2-3-5-25(21)31-26)28(35)33-14-12-32(13-15-33)27(34)19-8-11-23(29)24(30)16-19/h2-11,16-17H,12-15H2,1H3. The molecule has 2 heterocycles. The second kappa shape index (κ2) is 9.73. The summed E-state index contributed by atoms with van der Waals surface area (Å²) in [6, 6.07) is 19.9. The molecule has 36 heavy (non-hydrogen) atoms. The number of piperazine rings is 1. The molecular formula is C28H23F2N3O3. The topological polar surface area (TPSA) is 62.7 Å². The van der Waals surface area contributed by atoms with Crippen molar-refractivity contribution in [3.63, 3.8) is 0 Å². The van der Waals surface area contributed by atoms with Crippen LogP contribution in [-0.4, -0.2) is 59.9 Å². The van der Waals surface area contributed by atoms with Crippen LogP contribution in [0, 0.1) is 11.6 Å². The molecule has 1 fully saturated rings. The number of fused-ring (bicyclic) bond motifs is 1. The third kappa shape index (κ3) is 4.49. The monoisotopic (exact) mass is 487 g/mol. The van der Waals surface area contributed by atoms with E-state index in [1.807, 2.05) is 48.5 Å². The van der Waals surface area contributed by atoms with Gasteiger partial charge < -0.3 is 14.5 Å². The minimum absolute atomic E-state index is 0.0814. The van der Waals surface area contributed by atoms with Gasteiger partial charge in [0, 0.05) is 42.7 Å². The van der Waals surface area contributed by atoms with Crippen LogP contribution < -0.4 is 4.74 Å². The minimum atomic E-state index is -1.06. The summed E-state index contributed by atoms with van der Waals surface area (Å²) in [5.41, 5.74) is 2.86. The summed E-state index contributed by atoms with van der Waals surface area (Å²) in [5.74, 6) is -1.88. The Morgan fingerprint density at radius 3 is 2.14 bits per heavy atom. The van der Waals surface area contributed by atoms with Gasteiger partial charge in [0.1, 0.15) is 5.75 Å². The van der Waals surface area contributed by atoms with Crippen LogP contribution in [0.15, 0.2) is 72.8 Å². The number of carbonyl (C=O) groups excluding carboxylic acids is 2. The molecule has 1 saturated heterocycles. The number of benzene rings is 3. The van der Waals surface area contributed by atoms with E-state index < -0.39 is 17.5 Å². The number of pyridine rings is 1. The summed E-state index contributed by atoms with van der Waals surface area (Å²) in [5, 5.41) is 0.750. The maximum absolute atomic E-state index is 13.6. The first-order chi connectivity index (χ1) is 17.4. The number of carbonyl (C=O) groups is 2. The van der Waals surface area contributed by atoms with Gasteiger partial charge in [-0.2, -0.15) is 0 Å². The molecule has 0 atom stereocenters. The number of para-hydroxylation sites is 1. The lowest BCUT2D eigenvalue weighted by atomic mass is 10.0. The SMILES string of the molecule is COc1ccc(-c2cc(C(=O)N3CCN(C(=O)c4ccc(F)c(F)c4)CC3)c3ccccc3n2)cc1. The van der Waals surface area contributed by atoms with Gasteiger partial charge in [-0.1, -0.05) is 18.2 Å². The van der Waals surface area contributed by atoms with Crippen molar-refractivity contribution in [3.05, 3.63) is 95.6 Å². The normalized spacial score (nSPS) is 13.6. The van der Waals surface area contributed by atoms with Crippen LogP contribution in [-0.2, 0) is 0 Å². The molecule has 2 amide bonds. The first kappa shape index (κ1) is 23.4. The number of hydrogen-bond acceptors (Lipinski definition) is 4. The van der Waals surface area contributed by atoms with Gasteiger partial charge in [0.2, 0.25) is 0 Å². The van der Waals surface area contributed by atoms with E-state index in [9.17, 15) is 18.4 Å². The number of nitrogens with zero attached hydrogens (tertiary/aromatic N) is 3. The van der Waals surface area contributed by atoms with Crippen LogP contribution in [0.25, 0.3) is 22.2 Å². The molecule has 182 valence electrons. The molecule has 0 radical (unpaired) electrons. The number of aromatic nitrogens is 1. The Morgan fingerprint density at radius 1 is 0.806 bits per heavy atom. The number of ether oxygens (including phenoxy) is 1. The van der Waals surface area contributed by atoms with Crippen molar-refractivity contribution in [1.82, 2.24) is 14.8 Å². The van der Waals surface area contributed by atoms with Gasteiger partial charge in [0.25, 0.3) is 11.8 Å². The predicted molar refractivity (Wildman–Crippen MR) is 132 cm³/mol. The van der Waals surface area contributed by atoms with E-state index in [0.29, 0.717) is 29.9 Å². The lowest BCUT2D eigenvalue weighted by Gasteiger charge is -2.35. The Kier molecular flexibility index (Phi) is 6.33. The summed E-state index contributed by atoms with van der Waals surface area (Å²) in [6.45, 7) is 1.22. The summed E-state index contributed by atoms with van der Waals surface area (Å²) in [4.78, 5) is 34.4. The molecule has 3 aromatic carbocycles. The number of hydrogen-bond donors (Lipinski definition) is 0. The van der Waals surface area contributed by atoms with Crippen molar-refractivity contribution in [2.45, 2.75) is 0 Å². The van der Waals surface area contributed by atoms with Crippen LogP contribution in [0.5, 0.6) is 5.75 Å². The molecule has 0 aliphatic carbocycles. The van der Waals surface area contributed by atoms with E-state index in [-0.39, 0.29) is 24.6 Å². The fraction of sp³-hybridized carbons (Fsp3) is 0.179. The van der Waals surface area contributed by atoms with Crippen molar-refractivity contribution in [2.24, 2.45) is 0 Å². The highest BCUT2D eigenvalue weighted by atomic mass is 19.2. The van der Waals surface area contributed by atoms with Gasteiger partial charge in [0.05, 0.1) is 23.9 Å². The van der Waals surface area contributed by atoms with Gasteiger partial charge in [0.15, 0.2) is 11.6 Å². The molecule has 4 aromatic rings. The lowest BCUT2D eigenvalue weighted by molar-refractivity contribution is 0.0536. The van der Waals surface area contributed by atoms with E-state index in [2.05, 4.69) is 0 Å². The Bertz CT molecular complexity index is 1450. The van der Waals surface area contributed by atoms with Crippen LogP contribution in [0.1, 0.15) is 20.7 Å². The third-order valence-corrected chi connectivity index (χ3v) is 6.35. The zero-order chi connectivity index (χ0) is 25.2. The highest BCUT2D eigenvalue weighted by Crippen LogP contribution is 2.27. The Morgan fingerprint density at radius 2 is 1.47 bits per heavy atom. The molecular weight excluding hydrogens is 464 g/mol. The first-order valence-electron chi connectivity index (χ1n) is 11.5. The number of halogens is 2. The maximum atomic E-state index is 13.6. The van der Waals surface area contributed by atoms with Gasteiger partial charge in [-0.15, -0.1) is 0 Å². The van der Waals surface area contributed by atoms with E-state index >= 15 is 0 Å². The molecule has 0 spiro atoms. The van der Waals surface area contributed by atoms with Crippen molar-refractivity contribution in [2.75, 3.05) is 33.3 Å². The zero-order valence-electron chi connectivity index (χ0n) is 19.6. The fourth-order valence-corrected chi connectivity index (χ4v) is 4.36. The molecule has 5 rings (SSSR count). The minimum Gasteiger partial charge on any atom is -0.497 e.